The lowest BCUT2D eigenvalue weighted by Crippen LogP contribution is -2.25. The number of hydrogen-bond acceptors (Lipinski definition) is 6. The second kappa shape index (κ2) is 8.42. The van der Waals surface area contributed by atoms with Crippen molar-refractivity contribution in [2.24, 2.45) is 0 Å². The molecule has 6 heteroatoms. The zero-order chi connectivity index (χ0) is 18.4. The quantitative estimate of drug-likeness (QED) is 0.497. The number of rotatable bonds is 3. The molecule has 4 N–H and O–H groups in total. The lowest BCUT2D eigenvalue weighted by atomic mass is 9.85. The van der Waals surface area contributed by atoms with Gasteiger partial charge in [0.15, 0.2) is 11.6 Å². The summed E-state index contributed by atoms with van der Waals surface area (Å²) in [5.41, 5.74) is 0.419. The number of carbonyl (C=O) groups is 2. The molecule has 0 saturated heterocycles. The average Bonchev–Trinajstić information content (AvgIpc) is 2.51. The second-order valence-electron chi connectivity index (χ2n) is 5.50. The molecular weight excluding hydrogens is 312 g/mol. The fourth-order valence-electron chi connectivity index (χ4n) is 2.21. The van der Waals surface area contributed by atoms with Gasteiger partial charge in [-0.15, -0.1) is 0 Å². The molecule has 24 heavy (non-hydrogen) atoms. The van der Waals surface area contributed by atoms with Gasteiger partial charge >= 0.3 is 0 Å². The van der Waals surface area contributed by atoms with E-state index in [0.717, 1.165) is 23.8 Å². The SMILES string of the molecule is CC(C)=CC[C@H](O)C1=CC(=O)c2c(O)ccc(O)c2C1=O.CCO. The van der Waals surface area contributed by atoms with Crippen LogP contribution >= 0.6 is 0 Å². The van der Waals surface area contributed by atoms with Crippen molar-refractivity contribution in [3.8, 4) is 11.5 Å². The van der Waals surface area contributed by atoms with Crippen molar-refractivity contribution in [1.82, 2.24) is 0 Å². The molecule has 0 aliphatic heterocycles. The highest BCUT2D eigenvalue weighted by Crippen LogP contribution is 2.35. The van der Waals surface area contributed by atoms with Crippen LogP contribution in [-0.4, -0.2) is 44.7 Å². The third-order valence-electron chi connectivity index (χ3n) is 3.29. The van der Waals surface area contributed by atoms with Crippen LogP contribution < -0.4 is 0 Å². The van der Waals surface area contributed by atoms with Gasteiger partial charge < -0.3 is 20.4 Å². The summed E-state index contributed by atoms with van der Waals surface area (Å²) >= 11 is 0. The minimum Gasteiger partial charge on any atom is -0.507 e. The monoisotopic (exact) mass is 334 g/mol. The van der Waals surface area contributed by atoms with Gasteiger partial charge in [-0.25, -0.2) is 0 Å². The fraction of sp³-hybridized carbons (Fsp3) is 0.333. The molecule has 0 fully saturated rings. The number of fused-ring (bicyclic) bond motifs is 1. The summed E-state index contributed by atoms with van der Waals surface area (Å²) in [4.78, 5) is 24.4. The normalized spacial score (nSPS) is 14.1. The van der Waals surface area contributed by atoms with E-state index < -0.39 is 17.7 Å². The maximum atomic E-state index is 12.3. The topological polar surface area (TPSA) is 115 Å². The lowest BCUT2D eigenvalue weighted by Gasteiger charge is -2.20. The molecule has 0 bridgehead atoms. The number of allylic oxidation sites excluding steroid dienone is 2. The minimum atomic E-state index is -1.13. The second-order valence-corrected chi connectivity index (χ2v) is 5.50. The molecule has 0 unspecified atom stereocenters. The summed E-state index contributed by atoms with van der Waals surface area (Å²) in [5.74, 6) is -2.01. The van der Waals surface area contributed by atoms with Gasteiger partial charge in [0.25, 0.3) is 0 Å². The predicted octanol–water partition coefficient (Wildman–Crippen LogP) is 2.12. The van der Waals surface area contributed by atoms with E-state index in [4.69, 9.17) is 5.11 Å². The van der Waals surface area contributed by atoms with Crippen LogP contribution in [0.2, 0.25) is 0 Å². The molecule has 1 aromatic carbocycles. The van der Waals surface area contributed by atoms with Crippen LogP contribution in [0.1, 0.15) is 47.9 Å². The largest absolute Gasteiger partial charge is 0.507 e. The minimum absolute atomic E-state index is 0.0779. The van der Waals surface area contributed by atoms with Crippen molar-refractivity contribution < 1.29 is 30.0 Å². The highest BCUT2D eigenvalue weighted by Gasteiger charge is 2.33. The number of benzene rings is 1. The van der Waals surface area contributed by atoms with Crippen LogP contribution in [0.4, 0.5) is 0 Å². The third-order valence-corrected chi connectivity index (χ3v) is 3.29. The van der Waals surface area contributed by atoms with Crippen LogP contribution in [0.25, 0.3) is 0 Å². The zero-order valence-electron chi connectivity index (χ0n) is 13.9. The summed E-state index contributed by atoms with van der Waals surface area (Å²) < 4.78 is 0. The highest BCUT2D eigenvalue weighted by molar-refractivity contribution is 6.26. The van der Waals surface area contributed by atoms with Crippen LogP contribution in [0.3, 0.4) is 0 Å². The van der Waals surface area contributed by atoms with Crippen molar-refractivity contribution in [1.29, 1.82) is 0 Å². The van der Waals surface area contributed by atoms with Crippen LogP contribution in [0.5, 0.6) is 11.5 Å². The summed E-state index contributed by atoms with van der Waals surface area (Å²) in [7, 11) is 0. The molecule has 2 rings (SSSR count). The van der Waals surface area contributed by atoms with E-state index >= 15 is 0 Å². The van der Waals surface area contributed by atoms with E-state index in [1.807, 2.05) is 13.8 Å². The van der Waals surface area contributed by atoms with Crippen molar-refractivity contribution >= 4 is 11.6 Å². The Morgan fingerprint density at radius 3 is 2.12 bits per heavy atom. The van der Waals surface area contributed by atoms with Gasteiger partial charge in [0.1, 0.15) is 11.5 Å². The van der Waals surface area contributed by atoms with Gasteiger partial charge in [-0.1, -0.05) is 11.6 Å². The van der Waals surface area contributed by atoms with E-state index in [-0.39, 0.29) is 41.2 Å². The molecule has 130 valence electrons. The van der Waals surface area contributed by atoms with Crippen LogP contribution in [0, 0.1) is 0 Å². The van der Waals surface area contributed by atoms with Crippen molar-refractivity contribution in [2.45, 2.75) is 33.3 Å². The first-order chi connectivity index (χ1) is 11.2. The Bertz CT molecular complexity index is 696. The van der Waals surface area contributed by atoms with Crippen LogP contribution in [0.15, 0.2) is 35.4 Å². The Kier molecular flexibility index (Phi) is 6.88. The maximum Gasteiger partial charge on any atom is 0.196 e. The third kappa shape index (κ3) is 4.31. The number of aromatic hydroxyl groups is 2. The van der Waals surface area contributed by atoms with Crippen molar-refractivity contribution in [3.05, 3.63) is 46.6 Å². The van der Waals surface area contributed by atoms with E-state index in [2.05, 4.69) is 0 Å². The highest BCUT2D eigenvalue weighted by atomic mass is 16.3. The molecule has 1 aromatic rings. The summed E-state index contributed by atoms with van der Waals surface area (Å²) in [6.45, 7) is 5.64. The van der Waals surface area contributed by atoms with Gasteiger partial charge in [0, 0.05) is 12.2 Å². The molecule has 1 aliphatic carbocycles. The number of carbonyl (C=O) groups excluding carboxylic acids is 2. The van der Waals surface area contributed by atoms with Gasteiger partial charge in [0.2, 0.25) is 0 Å². The molecule has 1 atom stereocenters. The lowest BCUT2D eigenvalue weighted by molar-refractivity contribution is 0.0943. The number of aliphatic hydroxyl groups excluding tert-OH is 2. The first-order valence-corrected chi connectivity index (χ1v) is 7.52. The Morgan fingerprint density at radius 2 is 1.62 bits per heavy atom. The number of phenols is 2. The molecule has 0 heterocycles. The number of hydrogen-bond donors (Lipinski definition) is 4. The van der Waals surface area contributed by atoms with E-state index in [1.54, 1.807) is 13.0 Å². The van der Waals surface area contributed by atoms with Crippen molar-refractivity contribution in [2.75, 3.05) is 6.61 Å². The molecule has 0 spiro atoms. The van der Waals surface area contributed by atoms with E-state index in [9.17, 15) is 24.9 Å². The molecule has 6 nitrogen and oxygen atoms in total. The molecule has 0 radical (unpaired) electrons. The first kappa shape index (κ1) is 19.6. The van der Waals surface area contributed by atoms with E-state index in [0.29, 0.717) is 0 Å². The Balaban J connectivity index is 0.000000891. The number of phenolic OH excluding ortho intramolecular Hbond substituents is 2. The van der Waals surface area contributed by atoms with E-state index in [1.165, 1.54) is 0 Å². The molecule has 0 saturated carbocycles. The fourth-order valence-corrected chi connectivity index (χ4v) is 2.21. The van der Waals surface area contributed by atoms with Crippen molar-refractivity contribution in [3.63, 3.8) is 0 Å². The smallest absolute Gasteiger partial charge is 0.196 e. The standard InChI is InChI=1S/C16H16O5.C2H6O/c1-8(2)3-4-10(17)9-7-13(20)14-11(18)5-6-12(19)15(14)16(9)21;1-2-3/h3,5-7,10,17-19H,4H2,1-2H3;3H,2H2,1H3/t10-;/m0./s1. The van der Waals surface area contributed by atoms with Gasteiger partial charge in [0.05, 0.1) is 17.2 Å². The summed E-state index contributed by atoms with van der Waals surface area (Å²) in [6.07, 6.45) is 1.84. The number of ketones is 2. The first-order valence-electron chi connectivity index (χ1n) is 7.52. The number of Topliss-reactive ketones (excluding diaryl/α,β-unsaturated/α-hetero) is 1. The summed E-state index contributed by atoms with van der Waals surface area (Å²) in [5, 5.41) is 37.1. The van der Waals surface area contributed by atoms with Gasteiger partial charge in [-0.3, -0.25) is 9.59 Å². The predicted molar refractivity (Wildman–Crippen MR) is 89.3 cm³/mol. The maximum absolute atomic E-state index is 12.3. The zero-order valence-corrected chi connectivity index (χ0v) is 13.9. The molecular formula is C18H22O6. The van der Waals surface area contributed by atoms with Gasteiger partial charge in [-0.2, -0.15) is 0 Å². The summed E-state index contributed by atoms with van der Waals surface area (Å²) in [6, 6.07) is 2.29. The van der Waals surface area contributed by atoms with Crippen LogP contribution in [-0.2, 0) is 0 Å². The Morgan fingerprint density at radius 1 is 1.12 bits per heavy atom. The molecule has 0 amide bonds. The number of aliphatic hydroxyl groups is 2. The molecule has 0 aromatic heterocycles. The molecule has 1 aliphatic rings. The Labute approximate surface area is 140 Å². The average molecular weight is 334 g/mol. The Hall–Kier alpha value is -2.44. The van der Waals surface area contributed by atoms with Gasteiger partial charge in [-0.05, 0) is 45.4 Å².